The Morgan fingerprint density at radius 1 is 0.952 bits per heavy atom. The van der Waals surface area contributed by atoms with Gasteiger partial charge >= 0.3 is 0 Å². The molecule has 1 saturated heterocycles. The maximum Gasteiger partial charge on any atom is 0.211 e. The number of para-hydroxylation sites is 1. The van der Waals surface area contributed by atoms with E-state index in [1.54, 1.807) is 24.3 Å². The number of anilines is 1. The molecule has 5 heteroatoms. The fraction of sp³-hybridized carbons (Fsp3) is 0.250. The van der Waals surface area contributed by atoms with Gasteiger partial charge in [0.05, 0.1) is 4.90 Å². The molecule has 0 amide bonds. The van der Waals surface area contributed by atoms with E-state index in [-0.39, 0.29) is 0 Å². The molecule has 1 N–H and O–H groups in total. The first-order valence-electron chi connectivity index (χ1n) is 6.91. The van der Waals surface area contributed by atoms with Crippen molar-refractivity contribution in [1.29, 1.82) is 0 Å². The Morgan fingerprint density at radius 3 is 2.14 bits per heavy atom. The van der Waals surface area contributed by atoms with Crippen molar-refractivity contribution in [2.24, 2.45) is 0 Å². The summed E-state index contributed by atoms with van der Waals surface area (Å²) in [6.45, 7) is 0. The van der Waals surface area contributed by atoms with Gasteiger partial charge in [-0.05, 0) is 42.9 Å². The van der Waals surface area contributed by atoms with Crippen LogP contribution in [0.5, 0.6) is 0 Å². The first-order valence-corrected chi connectivity index (χ1v) is 9.38. The minimum Gasteiger partial charge on any atom is -0.358 e. The second kappa shape index (κ2) is 5.73. The molecule has 0 aliphatic carbocycles. The van der Waals surface area contributed by atoms with E-state index in [0.717, 1.165) is 17.9 Å². The number of thioether (sulfide) groups is 1. The van der Waals surface area contributed by atoms with Crippen LogP contribution in [0.15, 0.2) is 65.6 Å². The number of sulfone groups is 1. The molecule has 1 aliphatic rings. The molecule has 21 heavy (non-hydrogen) atoms. The van der Waals surface area contributed by atoms with Gasteiger partial charge in [-0.1, -0.05) is 36.4 Å². The van der Waals surface area contributed by atoms with Gasteiger partial charge in [-0.3, -0.25) is 0 Å². The van der Waals surface area contributed by atoms with Gasteiger partial charge in [-0.25, -0.2) is 8.42 Å². The second-order valence-electron chi connectivity index (χ2n) is 5.01. The van der Waals surface area contributed by atoms with Gasteiger partial charge in [0.2, 0.25) is 9.84 Å². The highest BCUT2D eigenvalue weighted by atomic mass is 32.3. The first-order chi connectivity index (χ1) is 10.1. The van der Waals surface area contributed by atoms with E-state index in [4.69, 9.17) is 0 Å². The highest BCUT2D eigenvalue weighted by molar-refractivity contribution is 8.15. The molecule has 1 fully saturated rings. The van der Waals surface area contributed by atoms with Gasteiger partial charge in [-0.15, -0.1) is 11.8 Å². The first kappa shape index (κ1) is 14.5. The van der Waals surface area contributed by atoms with Crippen molar-refractivity contribution in [1.82, 2.24) is 0 Å². The lowest BCUT2D eigenvalue weighted by Crippen LogP contribution is -2.40. The van der Waals surface area contributed by atoms with Crippen LogP contribution in [0, 0.1) is 0 Å². The Hall–Kier alpha value is -1.46. The lowest BCUT2D eigenvalue weighted by atomic mass is 10.3. The fourth-order valence-corrected chi connectivity index (χ4v) is 6.34. The zero-order valence-corrected chi connectivity index (χ0v) is 13.2. The molecule has 3 rings (SSSR count). The third-order valence-electron chi connectivity index (χ3n) is 3.58. The van der Waals surface area contributed by atoms with Crippen molar-refractivity contribution in [3.63, 3.8) is 0 Å². The smallest absolute Gasteiger partial charge is 0.211 e. The Balaban J connectivity index is 2.02. The molecule has 0 radical (unpaired) electrons. The summed E-state index contributed by atoms with van der Waals surface area (Å²) in [6.07, 6.45) is 1.51. The van der Waals surface area contributed by atoms with Crippen molar-refractivity contribution in [3.05, 3.63) is 60.7 Å². The fourth-order valence-electron chi connectivity index (χ4n) is 2.52. The maximum atomic E-state index is 13.1. The van der Waals surface area contributed by atoms with E-state index >= 15 is 0 Å². The van der Waals surface area contributed by atoms with Gasteiger partial charge in [0.15, 0.2) is 4.20 Å². The van der Waals surface area contributed by atoms with Gasteiger partial charge in [-0.2, -0.15) is 0 Å². The molecule has 1 aliphatic heterocycles. The van der Waals surface area contributed by atoms with Crippen molar-refractivity contribution in [2.45, 2.75) is 21.9 Å². The van der Waals surface area contributed by atoms with E-state index in [9.17, 15) is 8.42 Å². The van der Waals surface area contributed by atoms with Crippen LogP contribution in [0.2, 0.25) is 0 Å². The molecule has 2 aromatic carbocycles. The van der Waals surface area contributed by atoms with Crippen LogP contribution in [0.4, 0.5) is 5.69 Å². The molecular weight excluding hydrogens is 302 g/mol. The summed E-state index contributed by atoms with van der Waals surface area (Å²) in [7, 11) is -3.45. The van der Waals surface area contributed by atoms with Crippen molar-refractivity contribution >= 4 is 27.3 Å². The summed E-state index contributed by atoms with van der Waals surface area (Å²) < 4.78 is 25.2. The summed E-state index contributed by atoms with van der Waals surface area (Å²) in [4.78, 5) is 0.378. The largest absolute Gasteiger partial charge is 0.358 e. The zero-order valence-electron chi connectivity index (χ0n) is 11.5. The summed E-state index contributed by atoms with van der Waals surface area (Å²) in [5, 5.41) is 3.27. The van der Waals surface area contributed by atoms with Crippen molar-refractivity contribution in [3.8, 4) is 0 Å². The molecule has 0 saturated carbocycles. The standard InChI is InChI=1S/C16H17NO2S2/c18-21(19,15-10-5-2-6-11-15)16(12-7-13-20-16)17-14-8-3-1-4-9-14/h1-6,8-11,17H,7,12-13H2. The third-order valence-corrected chi connectivity index (χ3v) is 7.93. The van der Waals surface area contributed by atoms with E-state index < -0.39 is 14.0 Å². The van der Waals surface area contributed by atoms with Crippen LogP contribution in [0.1, 0.15) is 12.8 Å². The second-order valence-corrected chi connectivity index (χ2v) is 8.84. The minimum atomic E-state index is -3.45. The van der Waals surface area contributed by atoms with Gasteiger partial charge in [0.1, 0.15) is 0 Å². The summed E-state index contributed by atoms with van der Waals surface area (Å²) in [6, 6.07) is 18.2. The summed E-state index contributed by atoms with van der Waals surface area (Å²) in [5.41, 5.74) is 0.839. The third kappa shape index (κ3) is 2.68. The number of rotatable bonds is 4. The Bertz CT molecular complexity index is 694. The number of nitrogens with one attached hydrogen (secondary N) is 1. The highest BCUT2D eigenvalue weighted by Crippen LogP contribution is 2.45. The Kier molecular flexibility index (Phi) is 3.95. The molecule has 0 spiro atoms. The van der Waals surface area contributed by atoms with Crippen LogP contribution in [-0.4, -0.2) is 18.4 Å². The molecule has 0 aromatic heterocycles. The van der Waals surface area contributed by atoms with Crippen LogP contribution in [0.3, 0.4) is 0 Å². The van der Waals surface area contributed by atoms with E-state index in [2.05, 4.69) is 5.32 Å². The normalized spacial score (nSPS) is 22.1. The summed E-state index contributed by atoms with van der Waals surface area (Å²) in [5.74, 6) is 0.853. The van der Waals surface area contributed by atoms with E-state index in [0.29, 0.717) is 11.3 Å². The predicted molar refractivity (Wildman–Crippen MR) is 88.1 cm³/mol. The maximum absolute atomic E-state index is 13.1. The quantitative estimate of drug-likeness (QED) is 0.932. The predicted octanol–water partition coefficient (Wildman–Crippen LogP) is 3.75. The van der Waals surface area contributed by atoms with Crippen LogP contribution >= 0.6 is 11.8 Å². The lowest BCUT2D eigenvalue weighted by molar-refractivity contribution is 0.574. The average Bonchev–Trinajstić information content (AvgIpc) is 2.99. The van der Waals surface area contributed by atoms with Gasteiger partial charge in [0.25, 0.3) is 0 Å². The van der Waals surface area contributed by atoms with Gasteiger partial charge < -0.3 is 5.32 Å². The van der Waals surface area contributed by atoms with Crippen molar-refractivity contribution < 1.29 is 8.42 Å². The highest BCUT2D eigenvalue weighted by Gasteiger charge is 2.47. The van der Waals surface area contributed by atoms with Crippen LogP contribution in [-0.2, 0) is 9.84 Å². The zero-order chi connectivity index (χ0) is 14.8. The number of hydrogen-bond acceptors (Lipinski definition) is 4. The Labute approximate surface area is 129 Å². The Morgan fingerprint density at radius 2 is 1.57 bits per heavy atom. The molecule has 0 bridgehead atoms. The van der Waals surface area contributed by atoms with Gasteiger partial charge in [0, 0.05) is 5.69 Å². The number of hydrogen-bond donors (Lipinski definition) is 1. The average molecular weight is 319 g/mol. The lowest BCUT2D eigenvalue weighted by Gasteiger charge is -2.30. The molecule has 110 valence electrons. The monoisotopic (exact) mass is 319 g/mol. The van der Waals surface area contributed by atoms with Crippen LogP contribution in [0.25, 0.3) is 0 Å². The SMILES string of the molecule is O=S(=O)(c1ccccc1)C1(Nc2ccccc2)CCCS1. The molecular formula is C16H17NO2S2. The molecule has 1 heterocycles. The summed E-state index contributed by atoms with van der Waals surface area (Å²) >= 11 is 1.49. The molecule has 2 aromatic rings. The topological polar surface area (TPSA) is 46.2 Å². The molecule has 1 unspecified atom stereocenters. The van der Waals surface area contributed by atoms with E-state index in [1.165, 1.54) is 11.8 Å². The van der Waals surface area contributed by atoms with Crippen molar-refractivity contribution in [2.75, 3.05) is 11.1 Å². The minimum absolute atomic E-state index is 0.378. The number of benzene rings is 2. The van der Waals surface area contributed by atoms with Crippen LogP contribution < -0.4 is 5.32 Å². The molecule has 1 atom stereocenters. The molecule has 3 nitrogen and oxygen atoms in total. The van der Waals surface area contributed by atoms with E-state index in [1.807, 2.05) is 36.4 Å².